The molecule has 0 spiro atoms. The first-order valence-corrected chi connectivity index (χ1v) is 8.37. The number of nitrogens with one attached hydrogen (secondary N) is 1. The molecule has 108 valence electrons. The molecule has 0 aliphatic rings. The normalized spacial score (nSPS) is 10.4. The fourth-order valence-electron chi connectivity index (χ4n) is 1.81. The average Bonchev–Trinajstić information content (AvgIpc) is 2.87. The van der Waals surface area contributed by atoms with E-state index in [-0.39, 0.29) is 5.91 Å². The minimum Gasteiger partial charge on any atom is -0.316 e. The number of amides is 1. The van der Waals surface area contributed by atoms with Crippen LogP contribution in [0, 0.1) is 11.3 Å². The monoisotopic (exact) mass is 316 g/mol. The van der Waals surface area contributed by atoms with Gasteiger partial charge in [0.25, 0.3) is 0 Å². The maximum atomic E-state index is 12.0. The first kappa shape index (κ1) is 15.6. The Kier molecular flexibility index (Phi) is 5.43. The van der Waals surface area contributed by atoms with Crippen molar-refractivity contribution in [2.24, 2.45) is 0 Å². The van der Waals surface area contributed by atoms with Crippen LogP contribution in [0.4, 0.5) is 5.00 Å². The lowest BCUT2D eigenvalue weighted by Crippen LogP contribution is -2.14. The molecule has 5 heteroatoms. The van der Waals surface area contributed by atoms with Gasteiger partial charge in [-0.3, -0.25) is 4.79 Å². The van der Waals surface area contributed by atoms with E-state index < -0.39 is 0 Å². The number of hydrogen-bond acceptors (Lipinski definition) is 4. The van der Waals surface area contributed by atoms with Gasteiger partial charge in [-0.2, -0.15) is 5.26 Å². The Balaban J connectivity index is 1.95. The van der Waals surface area contributed by atoms with Crippen LogP contribution in [0.15, 0.2) is 40.6 Å². The molecule has 1 N–H and O–H groups in total. The quantitative estimate of drug-likeness (QED) is 0.837. The summed E-state index contributed by atoms with van der Waals surface area (Å²) in [7, 11) is 0. The molecule has 1 heterocycles. The molecule has 0 atom stereocenters. The van der Waals surface area contributed by atoms with Crippen LogP contribution in [0.1, 0.15) is 25.0 Å². The summed E-state index contributed by atoms with van der Waals surface area (Å²) in [6, 6.07) is 11.8. The predicted molar refractivity (Wildman–Crippen MR) is 88.8 cm³/mol. The van der Waals surface area contributed by atoms with E-state index in [0.29, 0.717) is 22.2 Å². The third-order valence-corrected chi connectivity index (χ3v) is 4.54. The Labute approximate surface area is 133 Å². The zero-order chi connectivity index (χ0) is 15.2. The molecular formula is C16H16N2OS2. The van der Waals surface area contributed by atoms with Gasteiger partial charge in [0, 0.05) is 10.1 Å². The summed E-state index contributed by atoms with van der Waals surface area (Å²) >= 11 is 3.16. The lowest BCUT2D eigenvalue weighted by atomic mass is 10.1. The minimum atomic E-state index is -0.0989. The van der Waals surface area contributed by atoms with Crippen LogP contribution in [0.5, 0.6) is 0 Å². The molecule has 0 radical (unpaired) electrons. The SMILES string of the molecule is CC(C)Sc1ccc(CC(=O)Nc2sccc2C#N)cc1. The third kappa shape index (κ3) is 4.62. The summed E-state index contributed by atoms with van der Waals surface area (Å²) in [4.78, 5) is 13.2. The van der Waals surface area contributed by atoms with Crippen LogP contribution >= 0.6 is 23.1 Å². The second kappa shape index (κ2) is 7.30. The Morgan fingerprint density at radius 1 is 1.33 bits per heavy atom. The maximum Gasteiger partial charge on any atom is 0.229 e. The van der Waals surface area contributed by atoms with Gasteiger partial charge in [0.05, 0.1) is 12.0 Å². The fourth-order valence-corrected chi connectivity index (χ4v) is 3.40. The minimum absolute atomic E-state index is 0.0989. The molecule has 1 aromatic heterocycles. The van der Waals surface area contributed by atoms with Gasteiger partial charge >= 0.3 is 0 Å². The van der Waals surface area contributed by atoms with Gasteiger partial charge in [-0.1, -0.05) is 26.0 Å². The first-order valence-electron chi connectivity index (χ1n) is 6.61. The fraction of sp³-hybridized carbons (Fsp3) is 0.250. The molecule has 0 aliphatic carbocycles. The van der Waals surface area contributed by atoms with Crippen molar-refractivity contribution < 1.29 is 4.79 Å². The van der Waals surface area contributed by atoms with Crippen molar-refractivity contribution in [3.63, 3.8) is 0 Å². The van der Waals surface area contributed by atoms with Crippen molar-refractivity contribution >= 4 is 34.0 Å². The highest BCUT2D eigenvalue weighted by Gasteiger charge is 2.09. The van der Waals surface area contributed by atoms with E-state index in [9.17, 15) is 4.79 Å². The lowest BCUT2D eigenvalue weighted by molar-refractivity contribution is -0.115. The van der Waals surface area contributed by atoms with Gasteiger partial charge < -0.3 is 5.32 Å². The zero-order valence-electron chi connectivity index (χ0n) is 11.9. The highest BCUT2D eigenvalue weighted by atomic mass is 32.2. The van der Waals surface area contributed by atoms with Gasteiger partial charge in [0.2, 0.25) is 5.91 Å². The summed E-state index contributed by atoms with van der Waals surface area (Å²) in [5.74, 6) is -0.0989. The topological polar surface area (TPSA) is 52.9 Å². The second-order valence-electron chi connectivity index (χ2n) is 4.81. The van der Waals surface area contributed by atoms with Gasteiger partial charge in [0.1, 0.15) is 11.1 Å². The number of rotatable bonds is 5. The van der Waals surface area contributed by atoms with Crippen LogP contribution in [-0.4, -0.2) is 11.2 Å². The number of carbonyl (C=O) groups excluding carboxylic acids is 1. The molecular weight excluding hydrogens is 300 g/mol. The van der Waals surface area contributed by atoms with Crippen molar-refractivity contribution in [2.45, 2.75) is 30.4 Å². The summed E-state index contributed by atoms with van der Waals surface area (Å²) in [6.07, 6.45) is 0.315. The van der Waals surface area contributed by atoms with Gasteiger partial charge in [-0.15, -0.1) is 23.1 Å². The number of nitriles is 1. The van der Waals surface area contributed by atoms with Crippen LogP contribution in [-0.2, 0) is 11.2 Å². The van der Waals surface area contributed by atoms with Gasteiger partial charge in [0.15, 0.2) is 0 Å². The van der Waals surface area contributed by atoms with Crippen LogP contribution < -0.4 is 5.32 Å². The van der Waals surface area contributed by atoms with Crippen molar-refractivity contribution in [1.82, 2.24) is 0 Å². The van der Waals surface area contributed by atoms with E-state index in [2.05, 4.69) is 25.2 Å². The molecule has 2 rings (SSSR count). The largest absolute Gasteiger partial charge is 0.316 e. The predicted octanol–water partition coefficient (Wildman–Crippen LogP) is 4.30. The number of hydrogen-bond donors (Lipinski definition) is 1. The maximum absolute atomic E-state index is 12.0. The molecule has 21 heavy (non-hydrogen) atoms. The molecule has 1 amide bonds. The molecule has 2 aromatic rings. The Hall–Kier alpha value is -1.77. The molecule has 0 saturated carbocycles. The Morgan fingerprint density at radius 2 is 2.05 bits per heavy atom. The van der Waals surface area contributed by atoms with Crippen molar-refractivity contribution in [2.75, 3.05) is 5.32 Å². The lowest BCUT2D eigenvalue weighted by Gasteiger charge is -2.07. The highest BCUT2D eigenvalue weighted by molar-refractivity contribution is 7.99. The summed E-state index contributed by atoms with van der Waals surface area (Å²) < 4.78 is 0. The molecule has 3 nitrogen and oxygen atoms in total. The number of nitrogens with zero attached hydrogens (tertiary/aromatic N) is 1. The van der Waals surface area contributed by atoms with Gasteiger partial charge in [-0.05, 0) is 29.1 Å². The van der Waals surface area contributed by atoms with Crippen LogP contribution in [0.25, 0.3) is 0 Å². The highest BCUT2D eigenvalue weighted by Crippen LogP contribution is 2.24. The molecule has 0 fully saturated rings. The second-order valence-corrected chi connectivity index (χ2v) is 7.38. The average molecular weight is 316 g/mol. The van der Waals surface area contributed by atoms with E-state index >= 15 is 0 Å². The Morgan fingerprint density at radius 3 is 2.67 bits per heavy atom. The van der Waals surface area contributed by atoms with Crippen molar-refractivity contribution in [1.29, 1.82) is 5.26 Å². The third-order valence-electron chi connectivity index (χ3n) is 2.70. The van der Waals surface area contributed by atoms with Crippen molar-refractivity contribution in [3.05, 3.63) is 46.8 Å². The first-order chi connectivity index (χ1) is 10.1. The number of thiophene rings is 1. The van der Waals surface area contributed by atoms with Gasteiger partial charge in [-0.25, -0.2) is 0 Å². The molecule has 1 aromatic carbocycles. The summed E-state index contributed by atoms with van der Waals surface area (Å²) in [5.41, 5.74) is 1.48. The molecule has 0 unspecified atom stereocenters. The number of thioether (sulfide) groups is 1. The van der Waals surface area contributed by atoms with Crippen LogP contribution in [0.2, 0.25) is 0 Å². The Bertz CT molecular complexity index is 654. The van der Waals surface area contributed by atoms with E-state index in [4.69, 9.17) is 5.26 Å². The molecule has 0 bridgehead atoms. The van der Waals surface area contributed by atoms with Crippen molar-refractivity contribution in [3.8, 4) is 6.07 Å². The standard InChI is InChI=1S/C16H16N2OS2/c1-11(2)21-14-5-3-12(4-6-14)9-15(19)18-16-13(10-17)7-8-20-16/h3-8,11H,9H2,1-2H3,(H,18,19). The summed E-state index contributed by atoms with van der Waals surface area (Å²) in [6.45, 7) is 4.31. The van der Waals surface area contributed by atoms with Crippen LogP contribution in [0.3, 0.4) is 0 Å². The van der Waals surface area contributed by atoms with E-state index in [1.54, 1.807) is 23.2 Å². The summed E-state index contributed by atoms with van der Waals surface area (Å²) in [5, 5.41) is 14.7. The van der Waals surface area contributed by atoms with E-state index in [0.717, 1.165) is 5.56 Å². The number of anilines is 1. The molecule has 0 saturated heterocycles. The number of carbonyl (C=O) groups is 1. The molecule has 0 aliphatic heterocycles. The zero-order valence-corrected chi connectivity index (χ0v) is 13.6. The van der Waals surface area contributed by atoms with E-state index in [1.807, 2.05) is 24.3 Å². The number of benzene rings is 1. The smallest absolute Gasteiger partial charge is 0.229 e. The van der Waals surface area contributed by atoms with E-state index in [1.165, 1.54) is 16.2 Å².